The maximum atomic E-state index is 9.12. The smallest absolute Gasteiger partial charge is 0.284 e. The van der Waals surface area contributed by atoms with E-state index in [1.54, 1.807) is 24.3 Å². The molecule has 1 aromatic rings. The molecule has 0 heterocycles. The van der Waals surface area contributed by atoms with Crippen LogP contribution in [-0.4, -0.2) is 23.4 Å². The van der Waals surface area contributed by atoms with Crippen LogP contribution in [0.2, 0.25) is 0 Å². The Kier molecular flexibility index (Phi) is 9.06. The predicted octanol–water partition coefficient (Wildman–Crippen LogP) is 2.29. The van der Waals surface area contributed by atoms with E-state index in [0.717, 1.165) is 0 Å². The zero-order valence-corrected chi connectivity index (χ0v) is 10.4. The SMILES string of the molecule is OCCOC(O)=C1C=CC=C1.[Fe].c1cc[cH-]c1. The maximum absolute atomic E-state index is 9.12. The second-order valence-corrected chi connectivity index (χ2v) is 3.01. The summed E-state index contributed by atoms with van der Waals surface area (Å²) in [6.07, 6.45) is 7.06. The van der Waals surface area contributed by atoms with E-state index in [1.807, 2.05) is 30.3 Å². The van der Waals surface area contributed by atoms with Gasteiger partial charge in [-0.05, 0) is 12.2 Å². The minimum Gasteiger partial charge on any atom is -0.481 e. The van der Waals surface area contributed by atoms with Gasteiger partial charge in [0.05, 0.1) is 12.2 Å². The van der Waals surface area contributed by atoms with Gasteiger partial charge in [0.25, 0.3) is 5.95 Å². The van der Waals surface area contributed by atoms with Gasteiger partial charge in [-0.2, -0.15) is 18.2 Å². The Morgan fingerprint density at radius 3 is 2.18 bits per heavy atom. The summed E-state index contributed by atoms with van der Waals surface area (Å²) in [7, 11) is 0. The molecule has 94 valence electrons. The molecule has 2 N–H and O–H groups in total. The number of aliphatic hydroxyl groups is 2. The molecule has 0 fully saturated rings. The first kappa shape index (κ1) is 15.6. The number of allylic oxidation sites excluding steroid dienone is 5. The second-order valence-electron chi connectivity index (χ2n) is 3.01. The molecule has 17 heavy (non-hydrogen) atoms. The van der Waals surface area contributed by atoms with E-state index in [0.29, 0.717) is 5.57 Å². The van der Waals surface area contributed by atoms with Crippen LogP contribution in [0.5, 0.6) is 0 Å². The van der Waals surface area contributed by atoms with Gasteiger partial charge in [-0.1, -0.05) is 12.2 Å². The number of aliphatic hydroxyl groups excluding tert-OH is 2. The first-order valence-corrected chi connectivity index (χ1v) is 5.03. The Labute approximate surface area is 112 Å². The summed E-state index contributed by atoms with van der Waals surface area (Å²) < 4.78 is 4.76. The molecule has 1 aliphatic rings. The molecular formula is C13H15FeO3-. The molecule has 0 unspecified atom stereocenters. The van der Waals surface area contributed by atoms with E-state index < -0.39 is 0 Å². The molecule has 0 radical (unpaired) electrons. The third-order valence-electron chi connectivity index (χ3n) is 1.80. The van der Waals surface area contributed by atoms with Crippen LogP contribution in [0.15, 0.2) is 66.2 Å². The summed E-state index contributed by atoms with van der Waals surface area (Å²) in [5.41, 5.74) is 0.637. The molecule has 0 saturated carbocycles. The van der Waals surface area contributed by atoms with E-state index in [2.05, 4.69) is 0 Å². The predicted molar refractivity (Wildman–Crippen MR) is 63.0 cm³/mol. The minimum atomic E-state index is -0.135. The summed E-state index contributed by atoms with van der Waals surface area (Å²) in [5.74, 6) is -0.135. The summed E-state index contributed by atoms with van der Waals surface area (Å²) in [6.45, 7) is 0.0295. The fourth-order valence-corrected chi connectivity index (χ4v) is 1.06. The van der Waals surface area contributed by atoms with Gasteiger partial charge < -0.3 is 14.9 Å². The van der Waals surface area contributed by atoms with E-state index in [9.17, 15) is 0 Å². The van der Waals surface area contributed by atoms with Crippen molar-refractivity contribution < 1.29 is 32.0 Å². The molecule has 0 saturated heterocycles. The standard InChI is InChI=1S/C8H10O3.C5H5.Fe/c9-5-6-11-8(10)7-3-1-2-4-7;1-2-4-5-3-1;/h1-4,9-10H,5-6H2;1-5H;/q;-1;. The number of hydrogen-bond donors (Lipinski definition) is 2. The van der Waals surface area contributed by atoms with Gasteiger partial charge in [-0.25, -0.2) is 12.1 Å². The molecule has 3 nitrogen and oxygen atoms in total. The molecule has 1 aromatic carbocycles. The molecule has 1 aliphatic carbocycles. The Balaban J connectivity index is 0.000000360. The normalized spacial score (nSPS) is 11.5. The van der Waals surface area contributed by atoms with Crippen LogP contribution >= 0.6 is 0 Å². The van der Waals surface area contributed by atoms with E-state index >= 15 is 0 Å². The number of hydrogen-bond acceptors (Lipinski definition) is 3. The van der Waals surface area contributed by atoms with Crippen LogP contribution in [0.25, 0.3) is 0 Å². The van der Waals surface area contributed by atoms with E-state index in [-0.39, 0.29) is 36.2 Å². The van der Waals surface area contributed by atoms with Crippen molar-refractivity contribution in [1.82, 2.24) is 0 Å². The summed E-state index contributed by atoms with van der Waals surface area (Å²) >= 11 is 0. The van der Waals surface area contributed by atoms with Crippen LogP contribution in [-0.2, 0) is 21.8 Å². The van der Waals surface area contributed by atoms with Crippen LogP contribution in [0.3, 0.4) is 0 Å². The zero-order valence-electron chi connectivity index (χ0n) is 9.27. The molecular weight excluding hydrogens is 260 g/mol. The quantitative estimate of drug-likeness (QED) is 0.505. The number of ether oxygens (including phenoxy) is 1. The average molecular weight is 275 g/mol. The van der Waals surface area contributed by atoms with Crippen molar-refractivity contribution in [2.45, 2.75) is 0 Å². The molecule has 0 aromatic heterocycles. The minimum absolute atomic E-state index is 0. The van der Waals surface area contributed by atoms with Gasteiger partial charge in [0.2, 0.25) is 0 Å². The Hall–Kier alpha value is -1.35. The molecule has 0 amide bonds. The van der Waals surface area contributed by atoms with Gasteiger partial charge in [-0.3, -0.25) is 0 Å². The molecule has 0 bridgehead atoms. The monoisotopic (exact) mass is 275 g/mol. The van der Waals surface area contributed by atoms with Crippen molar-refractivity contribution in [1.29, 1.82) is 0 Å². The molecule has 0 aliphatic heterocycles. The van der Waals surface area contributed by atoms with Gasteiger partial charge >= 0.3 is 0 Å². The van der Waals surface area contributed by atoms with Crippen molar-refractivity contribution in [3.05, 3.63) is 66.2 Å². The Morgan fingerprint density at radius 2 is 1.76 bits per heavy atom. The summed E-state index contributed by atoms with van der Waals surface area (Å²) in [5, 5.41) is 17.5. The molecule has 0 spiro atoms. The second kappa shape index (κ2) is 9.85. The van der Waals surface area contributed by atoms with Gasteiger partial charge in [0.1, 0.15) is 6.61 Å². The van der Waals surface area contributed by atoms with Crippen LogP contribution in [0.4, 0.5) is 0 Å². The topological polar surface area (TPSA) is 49.7 Å². The van der Waals surface area contributed by atoms with Gasteiger partial charge in [0.15, 0.2) is 0 Å². The van der Waals surface area contributed by atoms with Crippen molar-refractivity contribution in [2.75, 3.05) is 13.2 Å². The summed E-state index contributed by atoms with van der Waals surface area (Å²) in [6, 6.07) is 10.0. The van der Waals surface area contributed by atoms with Crippen LogP contribution in [0.1, 0.15) is 0 Å². The average Bonchev–Trinajstić information content (AvgIpc) is 2.98. The fourth-order valence-electron chi connectivity index (χ4n) is 1.06. The van der Waals surface area contributed by atoms with Crippen molar-refractivity contribution in [3.63, 3.8) is 0 Å². The van der Waals surface area contributed by atoms with E-state index in [1.165, 1.54) is 0 Å². The molecule has 0 atom stereocenters. The number of rotatable bonds is 3. The maximum Gasteiger partial charge on any atom is 0.284 e. The summed E-state index contributed by atoms with van der Waals surface area (Å²) in [4.78, 5) is 0. The first-order chi connectivity index (χ1) is 7.84. The van der Waals surface area contributed by atoms with Crippen molar-refractivity contribution in [3.8, 4) is 0 Å². The van der Waals surface area contributed by atoms with Gasteiger partial charge in [0, 0.05) is 17.1 Å². The van der Waals surface area contributed by atoms with Crippen LogP contribution in [0, 0.1) is 0 Å². The Morgan fingerprint density at radius 1 is 1.18 bits per heavy atom. The third kappa shape index (κ3) is 6.74. The van der Waals surface area contributed by atoms with Crippen molar-refractivity contribution >= 4 is 0 Å². The zero-order chi connectivity index (χ0) is 11.6. The van der Waals surface area contributed by atoms with E-state index in [4.69, 9.17) is 14.9 Å². The van der Waals surface area contributed by atoms with Gasteiger partial charge in [-0.15, -0.1) is 0 Å². The largest absolute Gasteiger partial charge is 0.481 e. The molecule has 2 rings (SSSR count). The Bertz CT molecular complexity index is 333. The molecule has 4 heteroatoms. The third-order valence-corrected chi connectivity index (χ3v) is 1.80. The van der Waals surface area contributed by atoms with Crippen molar-refractivity contribution in [2.24, 2.45) is 0 Å². The fraction of sp³-hybridized carbons (Fsp3) is 0.154. The first-order valence-electron chi connectivity index (χ1n) is 5.03. The van der Waals surface area contributed by atoms with Crippen LogP contribution < -0.4 is 0 Å².